The molecule has 2 aromatic carbocycles. The molecular weight excluding hydrogens is 447 g/mol. The van der Waals surface area contributed by atoms with Crippen LogP contribution in [-0.2, 0) is 16.4 Å². The summed E-state index contributed by atoms with van der Waals surface area (Å²) in [6, 6.07) is 9.24. The van der Waals surface area contributed by atoms with Crippen LogP contribution in [-0.4, -0.2) is 42.9 Å². The Morgan fingerprint density at radius 3 is 2.54 bits per heavy atom. The summed E-state index contributed by atoms with van der Waals surface area (Å²) in [4.78, 5) is 16.4. The van der Waals surface area contributed by atoms with E-state index >= 15 is 0 Å². The molecule has 0 spiro atoms. The average Bonchev–Trinajstić information content (AvgIpc) is 3.03. The van der Waals surface area contributed by atoms with Gasteiger partial charge >= 0.3 is 6.03 Å². The normalized spacial score (nSPS) is 23.4. The molecule has 0 unspecified atom stereocenters. The number of sulfone groups is 1. The highest BCUT2D eigenvalue weighted by molar-refractivity contribution is 9.10. The number of hydrogen-bond acceptors (Lipinski definition) is 3. The number of halogens is 2. The molecule has 0 aliphatic carbocycles. The van der Waals surface area contributed by atoms with Gasteiger partial charge in [0.05, 0.1) is 30.1 Å². The van der Waals surface area contributed by atoms with E-state index in [2.05, 4.69) is 15.9 Å². The molecule has 0 N–H and O–H groups in total. The van der Waals surface area contributed by atoms with Crippen molar-refractivity contribution in [3.8, 4) is 0 Å². The Labute approximate surface area is 172 Å². The van der Waals surface area contributed by atoms with Gasteiger partial charge in [-0.3, -0.25) is 4.90 Å². The molecule has 0 radical (unpaired) electrons. The molecule has 2 saturated heterocycles. The van der Waals surface area contributed by atoms with Gasteiger partial charge in [-0.1, -0.05) is 34.1 Å². The number of aryl methyl sites for hydroxylation is 2. The van der Waals surface area contributed by atoms with Crippen LogP contribution in [0.5, 0.6) is 0 Å². The molecule has 4 rings (SSSR count). The van der Waals surface area contributed by atoms with Crippen LogP contribution in [0.15, 0.2) is 40.9 Å². The van der Waals surface area contributed by atoms with Crippen LogP contribution >= 0.6 is 15.9 Å². The molecule has 28 heavy (non-hydrogen) atoms. The molecule has 2 aliphatic heterocycles. The van der Waals surface area contributed by atoms with E-state index < -0.39 is 27.7 Å². The molecule has 0 bridgehead atoms. The second kappa shape index (κ2) is 6.84. The van der Waals surface area contributed by atoms with Crippen molar-refractivity contribution in [2.24, 2.45) is 0 Å². The largest absolute Gasteiger partial charge is 0.325 e. The van der Waals surface area contributed by atoms with Crippen LogP contribution in [0.3, 0.4) is 0 Å². The van der Waals surface area contributed by atoms with E-state index in [1.807, 2.05) is 32.0 Å². The second-order valence-corrected chi connectivity index (χ2v) is 10.6. The molecule has 0 aromatic heterocycles. The molecule has 148 valence electrons. The van der Waals surface area contributed by atoms with Crippen molar-refractivity contribution >= 4 is 37.5 Å². The van der Waals surface area contributed by atoms with Crippen molar-refractivity contribution in [1.29, 1.82) is 0 Å². The number of nitrogens with zero attached hydrogens (tertiary/aromatic N) is 2. The number of hydrogen-bond donors (Lipinski definition) is 0. The third-order valence-corrected chi connectivity index (χ3v) is 7.65. The highest BCUT2D eigenvalue weighted by Gasteiger charge is 2.54. The van der Waals surface area contributed by atoms with Gasteiger partial charge in [-0.2, -0.15) is 0 Å². The van der Waals surface area contributed by atoms with E-state index in [4.69, 9.17) is 0 Å². The first kappa shape index (κ1) is 19.4. The molecule has 8 heteroatoms. The van der Waals surface area contributed by atoms with Crippen LogP contribution in [0.25, 0.3) is 0 Å². The van der Waals surface area contributed by atoms with Crippen molar-refractivity contribution in [2.45, 2.75) is 32.5 Å². The van der Waals surface area contributed by atoms with E-state index in [9.17, 15) is 17.6 Å². The zero-order chi connectivity index (χ0) is 20.2. The molecule has 2 fully saturated rings. The summed E-state index contributed by atoms with van der Waals surface area (Å²) in [7, 11) is -3.27. The van der Waals surface area contributed by atoms with Gasteiger partial charge in [0.25, 0.3) is 0 Å². The third-order valence-electron chi connectivity index (χ3n) is 5.46. The van der Waals surface area contributed by atoms with Gasteiger partial charge in [0.2, 0.25) is 0 Å². The quantitative estimate of drug-likeness (QED) is 0.646. The van der Waals surface area contributed by atoms with E-state index in [0.717, 1.165) is 16.8 Å². The molecule has 0 saturated carbocycles. The summed E-state index contributed by atoms with van der Waals surface area (Å²) in [5, 5.41) is 0. The lowest BCUT2D eigenvalue weighted by atomic mass is 10.1. The lowest BCUT2D eigenvalue weighted by Crippen LogP contribution is -2.38. The molecule has 2 heterocycles. The highest BCUT2D eigenvalue weighted by Crippen LogP contribution is 2.37. The Bertz CT molecular complexity index is 1070. The predicted octanol–water partition coefficient (Wildman–Crippen LogP) is 3.81. The average molecular weight is 467 g/mol. The maximum atomic E-state index is 14.4. The Morgan fingerprint density at radius 1 is 1.11 bits per heavy atom. The number of fused-ring (bicyclic) bond motifs is 1. The molecule has 2 atom stereocenters. The lowest BCUT2D eigenvalue weighted by molar-refractivity contribution is 0.205. The van der Waals surface area contributed by atoms with Crippen LogP contribution in [0.1, 0.15) is 16.7 Å². The topological polar surface area (TPSA) is 57.7 Å². The van der Waals surface area contributed by atoms with Crippen molar-refractivity contribution in [3.05, 3.63) is 63.4 Å². The standard InChI is InChI=1S/C20H20BrFN2O3S/c1-12-3-4-13(2)17(7-12)24-19-11-28(26,27)10-18(19)23(20(24)25)9-14-5-6-15(21)8-16(14)22/h3-8,18-19H,9-11H2,1-2H3/t18-,19-/m0/s1. The van der Waals surface area contributed by atoms with Gasteiger partial charge in [-0.05, 0) is 43.2 Å². The minimum Gasteiger partial charge on any atom is -0.314 e. The number of carbonyl (C=O) groups excluding carboxylic acids is 1. The molecule has 2 amide bonds. The first-order valence-corrected chi connectivity index (χ1v) is 11.6. The van der Waals surface area contributed by atoms with Gasteiger partial charge < -0.3 is 4.90 Å². The fourth-order valence-electron chi connectivity index (χ4n) is 4.06. The molecule has 2 aliphatic rings. The van der Waals surface area contributed by atoms with Gasteiger partial charge in [0.15, 0.2) is 9.84 Å². The summed E-state index contributed by atoms with van der Waals surface area (Å²) in [6.07, 6.45) is 0. The Morgan fingerprint density at radius 2 is 1.82 bits per heavy atom. The van der Waals surface area contributed by atoms with E-state index in [0.29, 0.717) is 10.0 Å². The predicted molar refractivity (Wildman–Crippen MR) is 110 cm³/mol. The number of anilines is 1. The van der Waals surface area contributed by atoms with Crippen molar-refractivity contribution in [1.82, 2.24) is 4.90 Å². The lowest BCUT2D eigenvalue weighted by Gasteiger charge is -2.24. The van der Waals surface area contributed by atoms with E-state index in [1.54, 1.807) is 17.0 Å². The Balaban J connectivity index is 1.75. The Hall–Kier alpha value is -1.93. The van der Waals surface area contributed by atoms with E-state index in [-0.39, 0.29) is 24.1 Å². The summed E-state index contributed by atoms with van der Waals surface area (Å²) in [6.45, 7) is 3.87. The highest BCUT2D eigenvalue weighted by atomic mass is 79.9. The fourth-order valence-corrected chi connectivity index (χ4v) is 6.34. The van der Waals surface area contributed by atoms with Crippen molar-refractivity contribution in [2.75, 3.05) is 16.4 Å². The zero-order valence-electron chi connectivity index (χ0n) is 15.5. The van der Waals surface area contributed by atoms with Gasteiger partial charge in [-0.15, -0.1) is 0 Å². The van der Waals surface area contributed by atoms with Crippen molar-refractivity contribution in [3.63, 3.8) is 0 Å². The summed E-state index contributed by atoms with van der Waals surface area (Å²) in [5.74, 6) is -0.594. The maximum absolute atomic E-state index is 14.4. The number of urea groups is 1. The van der Waals surface area contributed by atoms with Crippen LogP contribution in [0, 0.1) is 19.7 Å². The smallest absolute Gasteiger partial charge is 0.314 e. The van der Waals surface area contributed by atoms with Crippen LogP contribution in [0.4, 0.5) is 14.9 Å². The SMILES string of the molecule is Cc1ccc(C)c(N2C(=O)N(Cc3ccc(Br)cc3F)[C@H]3CS(=O)(=O)C[C@@H]32)c1. The first-order chi connectivity index (χ1) is 13.2. The van der Waals surface area contributed by atoms with Gasteiger partial charge in [0, 0.05) is 15.7 Å². The molecule has 2 aromatic rings. The fraction of sp³-hybridized carbons (Fsp3) is 0.350. The summed E-state index contributed by atoms with van der Waals surface area (Å²) in [5.41, 5.74) is 2.97. The number of amides is 2. The maximum Gasteiger partial charge on any atom is 0.325 e. The summed E-state index contributed by atoms with van der Waals surface area (Å²) < 4.78 is 39.7. The number of rotatable bonds is 3. The van der Waals surface area contributed by atoms with E-state index in [1.165, 1.54) is 11.0 Å². The summed E-state index contributed by atoms with van der Waals surface area (Å²) >= 11 is 3.23. The number of benzene rings is 2. The first-order valence-electron chi connectivity index (χ1n) is 8.98. The zero-order valence-corrected chi connectivity index (χ0v) is 17.9. The van der Waals surface area contributed by atoms with Gasteiger partial charge in [0.1, 0.15) is 5.82 Å². The molecular formula is C20H20BrFN2O3S. The Kier molecular flexibility index (Phi) is 4.74. The van der Waals surface area contributed by atoms with Crippen LogP contribution in [0.2, 0.25) is 0 Å². The van der Waals surface area contributed by atoms with Crippen LogP contribution < -0.4 is 4.90 Å². The molecule has 5 nitrogen and oxygen atoms in total. The second-order valence-electron chi connectivity index (χ2n) is 7.52. The van der Waals surface area contributed by atoms with Gasteiger partial charge in [-0.25, -0.2) is 17.6 Å². The monoisotopic (exact) mass is 466 g/mol. The number of carbonyl (C=O) groups is 1. The van der Waals surface area contributed by atoms with Crippen molar-refractivity contribution < 1.29 is 17.6 Å². The third kappa shape index (κ3) is 3.33. The minimum absolute atomic E-state index is 0.0377. The minimum atomic E-state index is -3.27.